The summed E-state index contributed by atoms with van der Waals surface area (Å²) < 4.78 is 4.83. The van der Waals surface area contributed by atoms with E-state index in [1.165, 1.54) is 37.7 Å². The zero-order valence-corrected chi connectivity index (χ0v) is 15.6. The molecule has 0 unspecified atom stereocenters. The van der Waals surface area contributed by atoms with E-state index in [0.29, 0.717) is 16.5 Å². The number of hydrogen-bond acceptors (Lipinski definition) is 6. The molecule has 2 N–H and O–H groups in total. The Labute approximate surface area is 156 Å². The van der Waals surface area contributed by atoms with Crippen LogP contribution in [0.2, 0.25) is 0 Å². The van der Waals surface area contributed by atoms with Gasteiger partial charge in [0.15, 0.2) is 0 Å². The van der Waals surface area contributed by atoms with Gasteiger partial charge in [-0.05, 0) is 43.6 Å². The van der Waals surface area contributed by atoms with Gasteiger partial charge in [-0.2, -0.15) is 5.10 Å². The van der Waals surface area contributed by atoms with Crippen LogP contribution >= 0.6 is 11.3 Å². The van der Waals surface area contributed by atoms with Crippen LogP contribution in [0, 0.1) is 5.92 Å². The van der Waals surface area contributed by atoms with Crippen LogP contribution in [0.4, 0.5) is 5.00 Å². The monoisotopic (exact) mass is 377 g/mol. The summed E-state index contributed by atoms with van der Waals surface area (Å²) in [6.45, 7) is 0. The number of esters is 1. The Morgan fingerprint density at radius 2 is 1.88 bits per heavy atom. The Balaban J connectivity index is 1.61. The van der Waals surface area contributed by atoms with E-state index in [0.717, 1.165) is 42.5 Å². The van der Waals surface area contributed by atoms with Gasteiger partial charge < -0.3 is 10.1 Å². The Bertz CT molecular complexity index is 735. The first-order valence-corrected chi connectivity index (χ1v) is 9.79. The summed E-state index contributed by atoms with van der Waals surface area (Å²) in [5.74, 6) is -1.81. The SMILES string of the molecule is COC(=O)c1c(NC(=O)C(=O)N/N=C/C2CCCCC2)sc2c1CCC2. The first-order valence-electron chi connectivity index (χ1n) is 8.97. The molecule has 2 aliphatic rings. The lowest BCUT2D eigenvalue weighted by atomic mass is 9.90. The van der Waals surface area contributed by atoms with Crippen molar-refractivity contribution in [1.82, 2.24) is 5.43 Å². The van der Waals surface area contributed by atoms with Crippen LogP contribution in [0.25, 0.3) is 0 Å². The standard InChI is InChI=1S/C18H23N3O4S/c1-25-18(24)14-12-8-5-9-13(12)26-17(14)20-15(22)16(23)21-19-10-11-6-3-2-4-7-11/h10-11H,2-9H2,1H3,(H,20,22)(H,21,23)/b19-10+. The van der Waals surface area contributed by atoms with Crippen LogP contribution in [-0.4, -0.2) is 31.1 Å². The van der Waals surface area contributed by atoms with E-state index < -0.39 is 17.8 Å². The van der Waals surface area contributed by atoms with Crippen LogP contribution in [0.3, 0.4) is 0 Å². The highest BCUT2D eigenvalue weighted by Crippen LogP contribution is 2.39. The molecule has 2 amide bonds. The van der Waals surface area contributed by atoms with Crippen molar-refractivity contribution in [3.05, 3.63) is 16.0 Å². The molecule has 26 heavy (non-hydrogen) atoms. The molecule has 0 atom stereocenters. The molecule has 1 aromatic heterocycles. The van der Waals surface area contributed by atoms with Crippen molar-refractivity contribution in [1.29, 1.82) is 0 Å². The number of ether oxygens (including phenoxy) is 1. The zero-order chi connectivity index (χ0) is 18.5. The number of hydrazone groups is 1. The van der Waals surface area contributed by atoms with Gasteiger partial charge in [0.1, 0.15) is 5.00 Å². The maximum atomic E-state index is 12.1. The van der Waals surface area contributed by atoms with Gasteiger partial charge in [-0.15, -0.1) is 11.3 Å². The number of amides is 2. The van der Waals surface area contributed by atoms with Crippen LogP contribution in [0.5, 0.6) is 0 Å². The van der Waals surface area contributed by atoms with Crippen molar-refractivity contribution in [3.8, 4) is 0 Å². The maximum Gasteiger partial charge on any atom is 0.341 e. The highest BCUT2D eigenvalue weighted by Gasteiger charge is 2.29. The van der Waals surface area contributed by atoms with Gasteiger partial charge in [-0.25, -0.2) is 10.2 Å². The summed E-state index contributed by atoms with van der Waals surface area (Å²) in [6, 6.07) is 0. The van der Waals surface area contributed by atoms with Crippen LogP contribution in [-0.2, 0) is 27.2 Å². The van der Waals surface area contributed by atoms with E-state index in [-0.39, 0.29) is 0 Å². The highest BCUT2D eigenvalue weighted by atomic mass is 32.1. The third-order valence-electron chi connectivity index (χ3n) is 4.85. The number of fused-ring (bicyclic) bond motifs is 1. The molecule has 0 spiro atoms. The fourth-order valence-electron chi connectivity index (χ4n) is 3.51. The maximum absolute atomic E-state index is 12.1. The number of nitrogens with one attached hydrogen (secondary N) is 2. The van der Waals surface area contributed by atoms with E-state index in [9.17, 15) is 14.4 Å². The van der Waals surface area contributed by atoms with Crippen molar-refractivity contribution in [2.24, 2.45) is 11.0 Å². The molecule has 0 radical (unpaired) electrons. The Kier molecular flexibility index (Phi) is 6.03. The second kappa shape index (κ2) is 8.44. The fraction of sp³-hybridized carbons (Fsp3) is 0.556. The number of thiophene rings is 1. The van der Waals surface area contributed by atoms with Gasteiger partial charge in [0.05, 0.1) is 12.7 Å². The Hall–Kier alpha value is -2.22. The molecule has 1 heterocycles. The van der Waals surface area contributed by atoms with E-state index >= 15 is 0 Å². The molecule has 8 heteroatoms. The molecule has 1 aromatic rings. The second-order valence-electron chi connectivity index (χ2n) is 6.62. The summed E-state index contributed by atoms with van der Waals surface area (Å²) in [7, 11) is 1.31. The summed E-state index contributed by atoms with van der Waals surface area (Å²) in [5.41, 5.74) is 3.57. The number of methoxy groups -OCH3 is 1. The number of nitrogens with zero attached hydrogens (tertiary/aromatic N) is 1. The molecule has 0 aliphatic heterocycles. The second-order valence-corrected chi connectivity index (χ2v) is 7.73. The Morgan fingerprint density at radius 3 is 2.62 bits per heavy atom. The molecule has 140 valence electrons. The molecule has 0 aromatic carbocycles. The lowest BCUT2D eigenvalue weighted by molar-refractivity contribution is -0.136. The van der Waals surface area contributed by atoms with E-state index in [4.69, 9.17) is 4.74 Å². The number of aryl methyl sites for hydroxylation is 1. The molecular formula is C18H23N3O4S. The summed E-state index contributed by atoms with van der Waals surface area (Å²) in [4.78, 5) is 37.2. The lowest BCUT2D eigenvalue weighted by Gasteiger charge is -2.16. The summed E-state index contributed by atoms with van der Waals surface area (Å²) in [5, 5.41) is 6.82. The van der Waals surface area contributed by atoms with Gasteiger partial charge in [-0.1, -0.05) is 19.3 Å². The van der Waals surface area contributed by atoms with E-state index in [2.05, 4.69) is 15.8 Å². The van der Waals surface area contributed by atoms with Crippen LogP contribution in [0.1, 0.15) is 59.3 Å². The van der Waals surface area contributed by atoms with Crippen molar-refractivity contribution in [2.45, 2.75) is 51.4 Å². The minimum absolute atomic E-state index is 0.360. The fourth-order valence-corrected chi connectivity index (χ4v) is 4.78. The van der Waals surface area contributed by atoms with Gasteiger partial charge in [-0.3, -0.25) is 9.59 Å². The first kappa shape index (κ1) is 18.6. The summed E-state index contributed by atoms with van der Waals surface area (Å²) >= 11 is 1.33. The average molecular weight is 377 g/mol. The minimum Gasteiger partial charge on any atom is -0.465 e. The lowest BCUT2D eigenvalue weighted by Crippen LogP contribution is -2.32. The smallest absolute Gasteiger partial charge is 0.341 e. The molecule has 1 fully saturated rings. The van der Waals surface area contributed by atoms with Crippen LogP contribution in [0.15, 0.2) is 5.10 Å². The van der Waals surface area contributed by atoms with Gasteiger partial charge in [0.2, 0.25) is 0 Å². The van der Waals surface area contributed by atoms with Gasteiger partial charge in [0, 0.05) is 11.1 Å². The summed E-state index contributed by atoms with van der Waals surface area (Å²) in [6.07, 6.45) is 10.1. The third-order valence-corrected chi connectivity index (χ3v) is 6.05. The number of carbonyl (C=O) groups excluding carboxylic acids is 3. The zero-order valence-electron chi connectivity index (χ0n) is 14.8. The van der Waals surface area contributed by atoms with Gasteiger partial charge in [0.25, 0.3) is 0 Å². The highest BCUT2D eigenvalue weighted by molar-refractivity contribution is 7.17. The van der Waals surface area contributed by atoms with Gasteiger partial charge >= 0.3 is 17.8 Å². The quantitative estimate of drug-likeness (QED) is 0.365. The molecule has 0 bridgehead atoms. The topological polar surface area (TPSA) is 96.9 Å². The normalized spacial score (nSPS) is 17.1. The molecule has 1 saturated carbocycles. The minimum atomic E-state index is -0.846. The van der Waals surface area contributed by atoms with Crippen molar-refractivity contribution < 1.29 is 19.1 Å². The number of carbonyl (C=O) groups is 3. The third kappa shape index (κ3) is 4.12. The average Bonchev–Trinajstić information content (AvgIpc) is 3.22. The molecule has 3 rings (SSSR count). The van der Waals surface area contributed by atoms with Crippen molar-refractivity contribution in [3.63, 3.8) is 0 Å². The predicted molar refractivity (Wildman–Crippen MR) is 99.5 cm³/mol. The number of rotatable bonds is 4. The predicted octanol–water partition coefficient (Wildman–Crippen LogP) is 2.64. The largest absolute Gasteiger partial charge is 0.465 e. The molecular weight excluding hydrogens is 354 g/mol. The number of hydrogen-bond donors (Lipinski definition) is 2. The van der Waals surface area contributed by atoms with E-state index in [1.54, 1.807) is 6.21 Å². The number of anilines is 1. The molecule has 0 saturated heterocycles. The molecule has 7 nitrogen and oxygen atoms in total. The molecule has 2 aliphatic carbocycles. The van der Waals surface area contributed by atoms with Crippen molar-refractivity contribution >= 4 is 40.3 Å². The van der Waals surface area contributed by atoms with E-state index in [1.807, 2.05) is 0 Å². The van der Waals surface area contributed by atoms with Crippen molar-refractivity contribution in [2.75, 3.05) is 12.4 Å². The Morgan fingerprint density at radius 1 is 1.12 bits per heavy atom. The first-order chi connectivity index (χ1) is 12.6. The van der Waals surface area contributed by atoms with Crippen LogP contribution < -0.4 is 10.7 Å².